The normalized spacial score (nSPS) is 11.9. The van der Waals surface area contributed by atoms with Crippen LogP contribution in [0.25, 0.3) is 0 Å². The first-order chi connectivity index (χ1) is 39.4. The van der Waals surface area contributed by atoms with E-state index in [0.717, 1.165) is 13.0 Å². The van der Waals surface area contributed by atoms with Crippen molar-refractivity contribution in [1.82, 2.24) is 36.3 Å². The van der Waals surface area contributed by atoms with Gasteiger partial charge in [-0.25, -0.2) is 14.3 Å². The maximum atomic E-state index is 13.5. The Bertz CT molecular complexity index is 1970. The molecule has 28 heteroatoms. The fourth-order valence-corrected chi connectivity index (χ4v) is 6.63. The maximum absolute atomic E-state index is 13.5. The third-order valence-corrected chi connectivity index (χ3v) is 10.5. The van der Waals surface area contributed by atoms with Crippen molar-refractivity contribution in [2.24, 2.45) is 16.8 Å². The lowest BCUT2D eigenvalue weighted by molar-refractivity contribution is -0.133. The van der Waals surface area contributed by atoms with Crippen molar-refractivity contribution in [3.63, 3.8) is 0 Å². The molecule has 2 rings (SSSR count). The van der Waals surface area contributed by atoms with Crippen LogP contribution in [0.1, 0.15) is 71.6 Å². The second-order valence-electron chi connectivity index (χ2n) is 18.4. The van der Waals surface area contributed by atoms with Gasteiger partial charge in [0.2, 0.25) is 11.8 Å². The summed E-state index contributed by atoms with van der Waals surface area (Å²) in [6.07, 6.45) is 2.78. The summed E-state index contributed by atoms with van der Waals surface area (Å²) in [4.78, 5) is 68.2. The third-order valence-electron chi connectivity index (χ3n) is 10.5. The fourth-order valence-electron chi connectivity index (χ4n) is 6.63. The molecule has 81 heavy (non-hydrogen) atoms. The molecule has 0 aliphatic rings. The predicted molar refractivity (Wildman–Crippen MR) is 296 cm³/mol. The molecule has 1 heterocycles. The number of anilines is 1. The van der Waals surface area contributed by atoms with Crippen LogP contribution in [0.15, 0.2) is 35.6 Å². The van der Waals surface area contributed by atoms with Gasteiger partial charge in [-0.05, 0) is 63.1 Å². The summed E-state index contributed by atoms with van der Waals surface area (Å²) in [6.45, 7) is 20.3. The van der Waals surface area contributed by atoms with E-state index in [0.29, 0.717) is 181 Å². The number of alkyl carbamates (subject to hydrolysis) is 1. The summed E-state index contributed by atoms with van der Waals surface area (Å²) < 4.78 is 67.4. The molecule has 2 aromatic rings. The number of nitrogens with two attached hydrogens (primary N) is 1. The van der Waals surface area contributed by atoms with Gasteiger partial charge in [-0.15, -0.1) is 5.10 Å². The van der Waals surface area contributed by atoms with E-state index in [1.165, 1.54) is 0 Å². The zero-order valence-electron chi connectivity index (χ0n) is 48.3. The van der Waals surface area contributed by atoms with Crippen LogP contribution in [0.2, 0.25) is 0 Å². The van der Waals surface area contributed by atoms with Gasteiger partial charge in [-0.1, -0.05) is 43.3 Å². The predicted octanol–water partition coefficient (Wildman–Crippen LogP) is 2.11. The van der Waals surface area contributed by atoms with Crippen LogP contribution in [0.4, 0.5) is 15.3 Å². The fraction of sp³-hybridized carbons (Fsp3) is 0.736. The first-order valence-corrected chi connectivity index (χ1v) is 27.7. The highest BCUT2D eigenvalue weighted by Gasteiger charge is 2.28. The van der Waals surface area contributed by atoms with Gasteiger partial charge < -0.3 is 94.0 Å². The Labute approximate surface area is 476 Å². The zero-order chi connectivity index (χ0) is 58.8. The monoisotopic (exact) mass is 1160 g/mol. The standard InChI is InChI=1S/C53H92N10O18/c1-6-15-69-17-19-71-21-23-73-25-27-75-29-31-77-33-35-79-36-34-78-32-30-76-28-26-74-24-22-72-20-18-70-16-14-63-39-46(60-62-63)38-56-53(68)80-40-44-9-11-45(12-10-44)57-50(65)47(8-7-13-55-52(54)67)59-51(66)48(37-42(2)3)58-49(64)41-81-61-43(4)5/h9-12,39,42,47-48H,6-8,13-38,40-41H2,1-5H3,(H,56,68)(H,57,65)(H,58,64)(H,59,66)(H3,54,55,67)/t47-,48-/m0/s1. The minimum atomic E-state index is -1.03. The number of primary amides is 1. The van der Waals surface area contributed by atoms with Crippen LogP contribution in [0, 0.1) is 5.92 Å². The topological polar surface area (TPSA) is 335 Å². The number of rotatable bonds is 53. The highest BCUT2D eigenvalue weighted by Crippen LogP contribution is 2.13. The molecule has 1 aromatic carbocycles. The minimum Gasteiger partial charge on any atom is -0.445 e. The van der Waals surface area contributed by atoms with E-state index in [-0.39, 0.29) is 38.6 Å². The highest BCUT2D eigenvalue weighted by molar-refractivity contribution is 5.98. The summed E-state index contributed by atoms with van der Waals surface area (Å²) >= 11 is 0. The van der Waals surface area contributed by atoms with Gasteiger partial charge in [0.05, 0.1) is 164 Å². The van der Waals surface area contributed by atoms with Crippen LogP contribution in [-0.4, -0.2) is 221 Å². The second kappa shape index (κ2) is 49.0. The van der Waals surface area contributed by atoms with Crippen LogP contribution in [0.5, 0.6) is 0 Å². The Morgan fingerprint density at radius 3 is 1.56 bits per heavy atom. The molecule has 2 atom stereocenters. The van der Waals surface area contributed by atoms with E-state index in [9.17, 15) is 24.0 Å². The molecular weight excluding hydrogens is 1060 g/mol. The molecule has 0 bridgehead atoms. The van der Waals surface area contributed by atoms with E-state index in [1.54, 1.807) is 49.0 Å². The molecule has 0 aliphatic carbocycles. The Morgan fingerprint density at radius 2 is 1.10 bits per heavy atom. The lowest BCUT2D eigenvalue weighted by Gasteiger charge is -2.24. The Morgan fingerprint density at radius 1 is 0.617 bits per heavy atom. The minimum absolute atomic E-state index is 0.0253. The lowest BCUT2D eigenvalue weighted by atomic mass is 10.0. The Kier molecular flexibility index (Phi) is 43.2. The second-order valence-corrected chi connectivity index (χ2v) is 18.4. The SMILES string of the molecule is CCCOCCOCCOCCOCCOCCOCCOCCOCCOCCOCCOCCn1cc(CNC(=O)OCc2ccc(NC(=O)[C@H](CCCNC(N)=O)NC(=O)[C@H](CC(C)C)NC(=O)CON=C(C)C)cc2)nn1. The number of hydrogen-bond donors (Lipinski definition) is 6. The number of nitrogens with zero attached hydrogens (tertiary/aromatic N) is 4. The van der Waals surface area contributed by atoms with Gasteiger partial charge in [0, 0.05) is 18.8 Å². The van der Waals surface area contributed by atoms with Gasteiger partial charge in [0.15, 0.2) is 6.61 Å². The van der Waals surface area contributed by atoms with Crippen molar-refractivity contribution >= 4 is 41.2 Å². The number of nitrogens with one attached hydrogen (secondary N) is 5. The average Bonchev–Trinajstić information content (AvgIpc) is 3.91. The lowest BCUT2D eigenvalue weighted by Crippen LogP contribution is -2.53. The molecule has 0 aliphatic heterocycles. The molecule has 0 fully saturated rings. The molecule has 28 nitrogen and oxygen atoms in total. The molecule has 0 saturated heterocycles. The number of hydrogen-bond acceptors (Lipinski definition) is 21. The highest BCUT2D eigenvalue weighted by atomic mass is 16.6. The molecule has 1 aromatic heterocycles. The number of oxime groups is 1. The number of aromatic nitrogens is 3. The molecule has 462 valence electrons. The van der Waals surface area contributed by atoms with E-state index in [2.05, 4.69) is 49.0 Å². The van der Waals surface area contributed by atoms with Gasteiger partial charge in [0.1, 0.15) is 24.4 Å². The van der Waals surface area contributed by atoms with Crippen LogP contribution in [-0.2, 0) is 95.8 Å². The molecule has 0 unspecified atom stereocenters. The molecular formula is C53H92N10O18. The first-order valence-electron chi connectivity index (χ1n) is 27.7. The number of carbonyl (C=O) groups excluding carboxylic acids is 5. The smallest absolute Gasteiger partial charge is 0.407 e. The van der Waals surface area contributed by atoms with E-state index in [4.69, 9.17) is 67.4 Å². The Hall–Kier alpha value is -5.66. The third kappa shape index (κ3) is 41.9. The first kappa shape index (κ1) is 71.4. The quantitative estimate of drug-likeness (QED) is 0.0314. The Balaban J connectivity index is 1.47. The number of carbonyl (C=O) groups is 5. The van der Waals surface area contributed by atoms with Gasteiger partial charge in [-0.3, -0.25) is 14.4 Å². The molecule has 0 spiro atoms. The number of benzene rings is 1. The van der Waals surface area contributed by atoms with Crippen molar-refractivity contribution in [3.8, 4) is 0 Å². The summed E-state index contributed by atoms with van der Waals surface area (Å²) in [5.41, 5.74) is 7.38. The molecule has 0 radical (unpaired) electrons. The summed E-state index contributed by atoms with van der Waals surface area (Å²) in [5, 5.41) is 25.2. The largest absolute Gasteiger partial charge is 0.445 e. The van der Waals surface area contributed by atoms with Crippen LogP contribution < -0.4 is 32.3 Å². The summed E-state index contributed by atoms with van der Waals surface area (Å²) in [5.74, 6) is -1.62. The van der Waals surface area contributed by atoms with E-state index < -0.39 is 41.9 Å². The zero-order valence-corrected chi connectivity index (χ0v) is 48.3. The van der Waals surface area contributed by atoms with E-state index in [1.807, 2.05) is 13.8 Å². The molecule has 0 saturated carbocycles. The van der Waals surface area contributed by atoms with Crippen LogP contribution >= 0.6 is 0 Å². The molecule has 7 N–H and O–H groups in total. The van der Waals surface area contributed by atoms with Crippen molar-refractivity contribution in [3.05, 3.63) is 41.7 Å². The van der Waals surface area contributed by atoms with E-state index >= 15 is 0 Å². The van der Waals surface area contributed by atoms with Crippen molar-refractivity contribution in [2.45, 2.75) is 92.1 Å². The van der Waals surface area contributed by atoms with Crippen molar-refractivity contribution in [2.75, 3.05) is 164 Å². The molecule has 6 amide bonds. The number of ether oxygens (including phenoxy) is 12. The summed E-state index contributed by atoms with van der Waals surface area (Å²) in [6, 6.07) is 3.88. The van der Waals surface area contributed by atoms with Gasteiger partial charge in [0.25, 0.3) is 5.91 Å². The van der Waals surface area contributed by atoms with Crippen LogP contribution in [0.3, 0.4) is 0 Å². The average molecular weight is 1160 g/mol. The maximum Gasteiger partial charge on any atom is 0.407 e. The summed E-state index contributed by atoms with van der Waals surface area (Å²) in [7, 11) is 0. The number of amides is 6. The van der Waals surface area contributed by atoms with Gasteiger partial charge in [-0.2, -0.15) is 0 Å². The van der Waals surface area contributed by atoms with Crippen molar-refractivity contribution < 1.29 is 85.7 Å². The van der Waals surface area contributed by atoms with Crippen molar-refractivity contribution in [1.29, 1.82) is 0 Å². The number of urea groups is 1. The van der Waals surface area contributed by atoms with Gasteiger partial charge >= 0.3 is 12.1 Å².